The van der Waals surface area contributed by atoms with Gasteiger partial charge in [-0.1, -0.05) is 23.2 Å². The number of hydrogen-bond donors (Lipinski definition) is 1. The second kappa shape index (κ2) is 7.96. The standard InChI is InChI=1S/C23H26Cl2FN7/c1-23(4-5-23)33-21(25)19(11-28-33)30-22-27-10-14-8-17(24)20(9-18(14)29-22)31-6-2-16(3-7-31)32-12-15(26)13-32/h8-11,15-16H,2-7,12-13H2,1H3,(H,27,29,30). The number of nitrogens with one attached hydrogen (secondary N) is 1. The Morgan fingerprint density at radius 1 is 1.12 bits per heavy atom. The van der Waals surface area contributed by atoms with Gasteiger partial charge in [0, 0.05) is 43.8 Å². The second-order valence-electron chi connectivity index (χ2n) is 9.71. The van der Waals surface area contributed by atoms with Crippen molar-refractivity contribution < 1.29 is 4.39 Å². The molecule has 6 rings (SSSR count). The first kappa shape index (κ1) is 21.4. The summed E-state index contributed by atoms with van der Waals surface area (Å²) in [5.41, 5.74) is 2.51. The zero-order valence-electron chi connectivity index (χ0n) is 18.4. The van der Waals surface area contributed by atoms with Gasteiger partial charge in [0.15, 0.2) is 5.15 Å². The van der Waals surface area contributed by atoms with Crippen LogP contribution in [0.3, 0.4) is 0 Å². The normalized spacial score (nSPS) is 21.4. The summed E-state index contributed by atoms with van der Waals surface area (Å²) in [6.07, 6.45) is 7.02. The van der Waals surface area contributed by atoms with Crippen LogP contribution >= 0.6 is 23.2 Å². The molecule has 1 aliphatic carbocycles. The lowest BCUT2D eigenvalue weighted by atomic mass is 9.98. The first-order valence-electron chi connectivity index (χ1n) is 11.5. The van der Waals surface area contributed by atoms with Crippen molar-refractivity contribution in [2.24, 2.45) is 0 Å². The molecule has 0 spiro atoms. The van der Waals surface area contributed by atoms with Crippen molar-refractivity contribution in [3.63, 3.8) is 0 Å². The molecule has 33 heavy (non-hydrogen) atoms. The van der Waals surface area contributed by atoms with Crippen LogP contribution in [-0.2, 0) is 5.54 Å². The fraction of sp³-hybridized carbons (Fsp3) is 0.522. The van der Waals surface area contributed by atoms with Crippen LogP contribution in [0.4, 0.5) is 21.7 Å². The lowest BCUT2D eigenvalue weighted by Gasteiger charge is -2.45. The Balaban J connectivity index is 1.21. The number of rotatable bonds is 5. The minimum atomic E-state index is -0.651. The summed E-state index contributed by atoms with van der Waals surface area (Å²) in [7, 11) is 0. The van der Waals surface area contributed by atoms with Crippen LogP contribution in [0.5, 0.6) is 0 Å². The maximum absolute atomic E-state index is 13.2. The fourth-order valence-corrected chi connectivity index (χ4v) is 5.51. The van der Waals surface area contributed by atoms with Crippen molar-refractivity contribution in [1.82, 2.24) is 24.6 Å². The average molecular weight is 490 g/mol. The monoisotopic (exact) mass is 489 g/mol. The van der Waals surface area contributed by atoms with Crippen LogP contribution in [0, 0.1) is 0 Å². The first-order valence-corrected chi connectivity index (χ1v) is 12.3. The molecule has 0 radical (unpaired) electrons. The van der Waals surface area contributed by atoms with Crippen LogP contribution < -0.4 is 10.2 Å². The fourth-order valence-electron chi connectivity index (χ4n) is 4.88. The topological polar surface area (TPSA) is 62.1 Å². The van der Waals surface area contributed by atoms with Crippen molar-refractivity contribution in [1.29, 1.82) is 0 Å². The number of alkyl halides is 1. The lowest BCUT2D eigenvalue weighted by molar-refractivity contribution is 0.0188. The Labute approximate surface area is 201 Å². The van der Waals surface area contributed by atoms with E-state index in [1.54, 1.807) is 12.4 Å². The Hall–Kier alpha value is -2.16. The highest BCUT2D eigenvalue weighted by atomic mass is 35.5. The van der Waals surface area contributed by atoms with Gasteiger partial charge in [0.1, 0.15) is 6.17 Å². The molecule has 1 saturated carbocycles. The third kappa shape index (κ3) is 3.92. The molecule has 0 unspecified atom stereocenters. The number of piperidine rings is 1. The van der Waals surface area contributed by atoms with E-state index in [-0.39, 0.29) is 5.54 Å². The van der Waals surface area contributed by atoms with Gasteiger partial charge in [-0.25, -0.2) is 19.0 Å². The third-order valence-electron chi connectivity index (χ3n) is 7.28. The summed E-state index contributed by atoms with van der Waals surface area (Å²) in [5.74, 6) is 0.468. The molecule has 0 atom stereocenters. The molecular formula is C23H26Cl2FN7. The van der Waals surface area contributed by atoms with Gasteiger partial charge in [0.2, 0.25) is 5.95 Å². The average Bonchev–Trinajstić information content (AvgIpc) is 3.43. The predicted molar refractivity (Wildman–Crippen MR) is 130 cm³/mol. The predicted octanol–water partition coefficient (Wildman–Crippen LogP) is 5.01. The van der Waals surface area contributed by atoms with Crippen LogP contribution in [-0.4, -0.2) is 63.0 Å². The molecule has 2 saturated heterocycles. The molecule has 4 heterocycles. The number of hydrogen-bond acceptors (Lipinski definition) is 6. The number of halogens is 3. The molecule has 174 valence electrons. The van der Waals surface area contributed by atoms with E-state index < -0.39 is 6.17 Å². The Morgan fingerprint density at radius 3 is 2.58 bits per heavy atom. The van der Waals surface area contributed by atoms with Crippen LogP contribution in [0.2, 0.25) is 10.2 Å². The molecule has 1 N–H and O–H groups in total. The molecule has 0 bridgehead atoms. The number of nitrogens with zero attached hydrogens (tertiary/aromatic N) is 6. The Morgan fingerprint density at radius 2 is 1.88 bits per heavy atom. The first-order chi connectivity index (χ1) is 15.9. The minimum absolute atomic E-state index is 0.0174. The second-order valence-corrected chi connectivity index (χ2v) is 10.5. The van der Waals surface area contributed by atoms with Gasteiger partial charge in [0.25, 0.3) is 0 Å². The van der Waals surface area contributed by atoms with Gasteiger partial charge in [-0.3, -0.25) is 4.90 Å². The van der Waals surface area contributed by atoms with E-state index in [4.69, 9.17) is 28.2 Å². The molecule has 7 nitrogen and oxygen atoms in total. The summed E-state index contributed by atoms with van der Waals surface area (Å²) < 4.78 is 15.1. The molecule has 1 aromatic carbocycles. The molecule has 3 aliphatic rings. The Kier molecular flexibility index (Phi) is 5.16. The molecular weight excluding hydrogens is 464 g/mol. The highest BCUT2D eigenvalue weighted by Crippen LogP contribution is 2.45. The summed E-state index contributed by atoms with van der Waals surface area (Å²) >= 11 is 13.2. The van der Waals surface area contributed by atoms with Gasteiger partial charge in [-0.15, -0.1) is 0 Å². The van der Waals surface area contributed by atoms with E-state index in [0.29, 0.717) is 40.9 Å². The van der Waals surface area contributed by atoms with Gasteiger partial charge in [-0.05, 0) is 44.7 Å². The molecule has 0 amide bonds. The van der Waals surface area contributed by atoms with Crippen LogP contribution in [0.15, 0.2) is 24.5 Å². The van der Waals surface area contributed by atoms with E-state index >= 15 is 0 Å². The van der Waals surface area contributed by atoms with Crippen molar-refractivity contribution in [2.75, 3.05) is 36.4 Å². The van der Waals surface area contributed by atoms with Crippen molar-refractivity contribution in [2.45, 2.75) is 50.4 Å². The SMILES string of the molecule is CC1(n2ncc(Nc3ncc4cc(Cl)c(N5CCC(N6CC(F)C6)CC5)cc4n3)c2Cl)CC1. The summed E-state index contributed by atoms with van der Waals surface area (Å²) in [6.45, 7) is 5.10. The minimum Gasteiger partial charge on any atom is -0.370 e. The smallest absolute Gasteiger partial charge is 0.227 e. The van der Waals surface area contributed by atoms with Gasteiger partial charge < -0.3 is 10.2 Å². The number of aromatic nitrogens is 4. The number of benzene rings is 1. The number of likely N-dealkylation sites (tertiary alicyclic amines) is 1. The van der Waals surface area contributed by atoms with Gasteiger partial charge >= 0.3 is 0 Å². The van der Waals surface area contributed by atoms with Gasteiger partial charge in [0.05, 0.1) is 33.6 Å². The maximum Gasteiger partial charge on any atom is 0.227 e. The molecule has 3 aromatic rings. The summed E-state index contributed by atoms with van der Waals surface area (Å²) in [5, 5.41) is 9.80. The van der Waals surface area contributed by atoms with Crippen LogP contribution in [0.25, 0.3) is 10.9 Å². The van der Waals surface area contributed by atoms with E-state index in [0.717, 1.165) is 55.4 Å². The van der Waals surface area contributed by atoms with Gasteiger partial charge in [-0.2, -0.15) is 5.10 Å². The van der Waals surface area contributed by atoms with Crippen molar-refractivity contribution in [3.8, 4) is 0 Å². The quantitative estimate of drug-likeness (QED) is 0.543. The van der Waals surface area contributed by atoms with E-state index in [1.807, 2.05) is 16.8 Å². The highest BCUT2D eigenvalue weighted by molar-refractivity contribution is 6.34. The lowest BCUT2D eigenvalue weighted by Crippen LogP contribution is -2.56. The summed E-state index contributed by atoms with van der Waals surface area (Å²) in [4.78, 5) is 13.7. The zero-order chi connectivity index (χ0) is 22.7. The van der Waals surface area contributed by atoms with E-state index in [9.17, 15) is 4.39 Å². The molecule has 2 aliphatic heterocycles. The Bertz CT molecular complexity index is 1200. The van der Waals surface area contributed by atoms with E-state index in [2.05, 4.69) is 32.1 Å². The molecule has 3 fully saturated rings. The largest absolute Gasteiger partial charge is 0.370 e. The van der Waals surface area contributed by atoms with Crippen LogP contribution in [0.1, 0.15) is 32.6 Å². The van der Waals surface area contributed by atoms with Crippen molar-refractivity contribution in [3.05, 3.63) is 34.7 Å². The molecule has 2 aromatic heterocycles. The highest BCUT2D eigenvalue weighted by Gasteiger charge is 2.42. The number of anilines is 3. The summed E-state index contributed by atoms with van der Waals surface area (Å²) in [6, 6.07) is 4.42. The van der Waals surface area contributed by atoms with Crippen molar-refractivity contribution >= 4 is 51.4 Å². The maximum atomic E-state index is 13.2. The third-order valence-corrected chi connectivity index (χ3v) is 7.94. The zero-order valence-corrected chi connectivity index (χ0v) is 19.9. The number of fused-ring (bicyclic) bond motifs is 1. The molecule has 10 heteroatoms. The van der Waals surface area contributed by atoms with E-state index in [1.165, 1.54) is 0 Å².